The molecule has 1 aliphatic heterocycles. The zero-order valence-corrected chi connectivity index (χ0v) is 16.4. The van der Waals surface area contributed by atoms with E-state index in [2.05, 4.69) is 10.3 Å². The van der Waals surface area contributed by atoms with Crippen molar-refractivity contribution >= 4 is 23.5 Å². The third kappa shape index (κ3) is 4.08. The number of esters is 1. The third-order valence-electron chi connectivity index (χ3n) is 5.03. The number of anilines is 1. The molecule has 2 aromatic rings. The highest BCUT2D eigenvalue weighted by Gasteiger charge is 2.23. The number of likely N-dealkylation sites (tertiary alicyclic amines) is 1. The molecule has 1 aliphatic rings. The maximum atomic E-state index is 12.7. The molecule has 7 nitrogen and oxygen atoms in total. The lowest BCUT2D eigenvalue weighted by atomic mass is 10.1. The maximum Gasteiger partial charge on any atom is 0.339 e. The fraction of sp³-hybridized carbons (Fsp3) is 0.381. The number of ether oxygens (including phenoxy) is 1. The van der Waals surface area contributed by atoms with E-state index < -0.39 is 5.97 Å². The Morgan fingerprint density at radius 2 is 2.04 bits per heavy atom. The van der Waals surface area contributed by atoms with Gasteiger partial charge in [0.25, 0.3) is 5.91 Å². The molecule has 0 spiro atoms. The van der Waals surface area contributed by atoms with E-state index in [4.69, 9.17) is 4.74 Å². The van der Waals surface area contributed by atoms with E-state index >= 15 is 0 Å². The number of aromatic nitrogens is 1. The minimum Gasteiger partial charge on any atom is -0.465 e. The van der Waals surface area contributed by atoms with Gasteiger partial charge in [0.05, 0.1) is 12.7 Å². The number of hydrogen-bond acceptors (Lipinski definition) is 4. The van der Waals surface area contributed by atoms with Crippen molar-refractivity contribution in [1.29, 1.82) is 0 Å². The topological polar surface area (TPSA) is 91.5 Å². The molecule has 1 aromatic carbocycles. The van der Waals surface area contributed by atoms with Crippen LogP contribution in [0.4, 0.5) is 5.69 Å². The number of nitrogens with zero attached hydrogens (tertiary/aromatic N) is 1. The Morgan fingerprint density at radius 3 is 2.75 bits per heavy atom. The Labute approximate surface area is 164 Å². The molecule has 28 heavy (non-hydrogen) atoms. The fourth-order valence-corrected chi connectivity index (χ4v) is 3.58. The van der Waals surface area contributed by atoms with Crippen LogP contribution >= 0.6 is 0 Å². The summed E-state index contributed by atoms with van der Waals surface area (Å²) >= 11 is 0. The fourth-order valence-electron chi connectivity index (χ4n) is 3.58. The number of aryl methyl sites for hydroxylation is 1. The van der Waals surface area contributed by atoms with Gasteiger partial charge in [-0.15, -0.1) is 0 Å². The van der Waals surface area contributed by atoms with Crippen LogP contribution < -0.4 is 5.32 Å². The van der Waals surface area contributed by atoms with E-state index in [1.54, 1.807) is 19.9 Å². The van der Waals surface area contributed by atoms with Gasteiger partial charge in [-0.05, 0) is 49.9 Å². The first-order valence-electron chi connectivity index (χ1n) is 9.36. The second kappa shape index (κ2) is 8.29. The number of rotatable bonds is 5. The lowest BCUT2D eigenvalue weighted by Crippen LogP contribution is -2.34. The lowest BCUT2D eigenvalue weighted by molar-refractivity contribution is -0.133. The Kier molecular flexibility index (Phi) is 5.82. The number of methoxy groups -OCH3 is 1. The van der Waals surface area contributed by atoms with E-state index in [9.17, 15) is 14.4 Å². The average Bonchev–Trinajstić information content (AvgIpc) is 2.98. The molecule has 0 saturated carbocycles. The molecule has 1 saturated heterocycles. The summed E-state index contributed by atoms with van der Waals surface area (Å²) in [5.41, 5.74) is 3.45. The number of benzene rings is 1. The van der Waals surface area contributed by atoms with Gasteiger partial charge in [-0.1, -0.05) is 12.1 Å². The highest BCUT2D eigenvalue weighted by molar-refractivity contribution is 6.06. The Bertz CT molecular complexity index is 916. The Balaban J connectivity index is 1.74. The number of carbonyl (C=O) groups is 3. The van der Waals surface area contributed by atoms with Gasteiger partial charge in [-0.3, -0.25) is 9.59 Å². The molecule has 148 valence electrons. The van der Waals surface area contributed by atoms with Gasteiger partial charge in [-0.2, -0.15) is 0 Å². The number of H-pyrrole nitrogens is 1. The first kappa shape index (κ1) is 19.7. The van der Waals surface area contributed by atoms with Crippen LogP contribution in [0.5, 0.6) is 0 Å². The molecule has 0 radical (unpaired) electrons. The molecular formula is C21H25N3O4. The van der Waals surface area contributed by atoms with Crippen molar-refractivity contribution in [3.63, 3.8) is 0 Å². The SMILES string of the molecule is COC(=O)c1c(C)[nH]c(C(=O)Nc2cccc(CN3CCCCC3=O)c2)c1C. The number of aromatic amines is 1. The van der Waals surface area contributed by atoms with Gasteiger partial charge in [0, 0.05) is 30.9 Å². The van der Waals surface area contributed by atoms with Crippen molar-refractivity contribution in [2.45, 2.75) is 39.7 Å². The highest BCUT2D eigenvalue weighted by Crippen LogP contribution is 2.21. The summed E-state index contributed by atoms with van der Waals surface area (Å²) in [5.74, 6) is -0.631. The lowest BCUT2D eigenvalue weighted by Gasteiger charge is -2.26. The zero-order chi connectivity index (χ0) is 20.3. The van der Waals surface area contributed by atoms with Crippen molar-refractivity contribution in [3.8, 4) is 0 Å². The summed E-state index contributed by atoms with van der Waals surface area (Å²) in [6, 6.07) is 7.46. The van der Waals surface area contributed by atoms with Gasteiger partial charge in [0.15, 0.2) is 0 Å². The smallest absolute Gasteiger partial charge is 0.339 e. The maximum absolute atomic E-state index is 12.7. The monoisotopic (exact) mass is 383 g/mol. The minimum absolute atomic E-state index is 0.175. The molecule has 2 heterocycles. The van der Waals surface area contributed by atoms with Crippen LogP contribution in [0, 0.1) is 13.8 Å². The van der Waals surface area contributed by atoms with Crippen molar-refractivity contribution in [2.24, 2.45) is 0 Å². The summed E-state index contributed by atoms with van der Waals surface area (Å²) in [4.78, 5) is 41.4. The molecule has 0 unspecified atom stereocenters. The number of nitrogens with one attached hydrogen (secondary N) is 2. The van der Waals surface area contributed by atoms with Crippen molar-refractivity contribution in [2.75, 3.05) is 19.0 Å². The van der Waals surface area contributed by atoms with Crippen LogP contribution in [0.15, 0.2) is 24.3 Å². The third-order valence-corrected chi connectivity index (χ3v) is 5.03. The van der Waals surface area contributed by atoms with Crippen LogP contribution in [-0.2, 0) is 16.1 Å². The Hall–Kier alpha value is -3.09. The van der Waals surface area contributed by atoms with Crippen LogP contribution in [0.1, 0.15) is 56.9 Å². The quantitative estimate of drug-likeness (QED) is 0.776. The standard InChI is InChI=1S/C21H25N3O4/c1-13-18(21(27)28-3)14(2)22-19(13)20(26)23-16-8-6-7-15(11-16)12-24-10-5-4-9-17(24)25/h6-8,11,22H,4-5,9-10,12H2,1-3H3,(H,23,26). The van der Waals surface area contributed by atoms with Crippen molar-refractivity contribution in [1.82, 2.24) is 9.88 Å². The molecule has 0 atom stereocenters. The van der Waals surface area contributed by atoms with Crippen molar-refractivity contribution < 1.29 is 19.1 Å². The predicted molar refractivity (Wildman–Crippen MR) is 105 cm³/mol. The number of piperidine rings is 1. The van der Waals surface area contributed by atoms with E-state index in [-0.39, 0.29) is 11.8 Å². The average molecular weight is 383 g/mol. The van der Waals surface area contributed by atoms with E-state index in [0.717, 1.165) is 24.9 Å². The van der Waals surface area contributed by atoms with Gasteiger partial charge in [-0.25, -0.2) is 4.79 Å². The summed E-state index contributed by atoms with van der Waals surface area (Å²) in [7, 11) is 1.31. The molecule has 0 bridgehead atoms. The minimum atomic E-state index is -0.474. The molecule has 2 amide bonds. The van der Waals surface area contributed by atoms with E-state index in [1.807, 2.05) is 23.1 Å². The summed E-state index contributed by atoms with van der Waals surface area (Å²) in [6.07, 6.45) is 2.58. The largest absolute Gasteiger partial charge is 0.465 e. The van der Waals surface area contributed by atoms with Gasteiger partial charge in [0.2, 0.25) is 5.91 Å². The summed E-state index contributed by atoms with van der Waals surface area (Å²) in [6.45, 7) is 4.75. The van der Waals surface area contributed by atoms with Crippen LogP contribution in [0.3, 0.4) is 0 Å². The second-order valence-electron chi connectivity index (χ2n) is 7.04. The molecule has 7 heteroatoms. The van der Waals surface area contributed by atoms with Crippen LogP contribution in [0.25, 0.3) is 0 Å². The molecule has 2 N–H and O–H groups in total. The van der Waals surface area contributed by atoms with Crippen LogP contribution in [-0.4, -0.2) is 41.3 Å². The molecule has 0 aliphatic carbocycles. The first-order chi connectivity index (χ1) is 13.4. The summed E-state index contributed by atoms with van der Waals surface area (Å²) < 4.78 is 4.78. The van der Waals surface area contributed by atoms with Gasteiger partial charge in [0.1, 0.15) is 5.69 Å². The van der Waals surface area contributed by atoms with Gasteiger partial charge < -0.3 is 19.9 Å². The Morgan fingerprint density at radius 1 is 1.25 bits per heavy atom. The predicted octanol–water partition coefficient (Wildman–Crippen LogP) is 3.18. The molecule has 1 fully saturated rings. The number of carbonyl (C=O) groups excluding carboxylic acids is 3. The number of amides is 2. The molecular weight excluding hydrogens is 358 g/mol. The first-order valence-corrected chi connectivity index (χ1v) is 9.36. The molecule has 3 rings (SSSR count). The second-order valence-corrected chi connectivity index (χ2v) is 7.04. The van der Waals surface area contributed by atoms with Crippen LogP contribution in [0.2, 0.25) is 0 Å². The van der Waals surface area contributed by atoms with E-state index in [1.165, 1.54) is 7.11 Å². The van der Waals surface area contributed by atoms with Crippen molar-refractivity contribution in [3.05, 3.63) is 52.3 Å². The normalized spacial score (nSPS) is 14.1. The molecule has 1 aromatic heterocycles. The summed E-state index contributed by atoms with van der Waals surface area (Å²) in [5, 5.41) is 2.86. The van der Waals surface area contributed by atoms with Gasteiger partial charge >= 0.3 is 5.97 Å². The van der Waals surface area contributed by atoms with E-state index in [0.29, 0.717) is 41.2 Å². The number of hydrogen-bond donors (Lipinski definition) is 2. The zero-order valence-electron chi connectivity index (χ0n) is 16.4. The highest BCUT2D eigenvalue weighted by atomic mass is 16.5.